The van der Waals surface area contributed by atoms with E-state index in [2.05, 4.69) is 30.7 Å². The summed E-state index contributed by atoms with van der Waals surface area (Å²) in [6, 6.07) is -2.03. The topological polar surface area (TPSA) is 172 Å². The molecule has 1 rings (SSSR count). The van der Waals surface area contributed by atoms with Gasteiger partial charge in [0.2, 0.25) is 11.8 Å². The number of rotatable bonds is 11. The largest absolute Gasteiger partial charge is 0.453 e. The minimum absolute atomic E-state index is 0.239. The maximum atomic E-state index is 12.6. The third-order valence-corrected chi connectivity index (χ3v) is 4.50. The minimum Gasteiger partial charge on any atom is -0.453 e. The predicted octanol–water partition coefficient (Wildman–Crippen LogP) is -0.871. The second-order valence-electron chi connectivity index (χ2n) is 6.90. The Labute approximate surface area is 185 Å². The molecule has 1 aliphatic rings. The van der Waals surface area contributed by atoms with E-state index in [0.29, 0.717) is 19.4 Å². The Bertz CT molecular complexity index is 751. The smallest absolute Gasteiger partial charge is 0.407 e. The molecule has 32 heavy (non-hydrogen) atoms. The van der Waals surface area contributed by atoms with Gasteiger partial charge in [-0.15, -0.1) is 0 Å². The zero-order chi connectivity index (χ0) is 24.3. The van der Waals surface area contributed by atoms with Gasteiger partial charge in [-0.25, -0.2) is 9.59 Å². The molecule has 0 aromatic carbocycles. The van der Waals surface area contributed by atoms with Crippen LogP contribution in [0.3, 0.4) is 0 Å². The van der Waals surface area contributed by atoms with Crippen LogP contribution in [0.15, 0.2) is 12.2 Å². The van der Waals surface area contributed by atoms with Gasteiger partial charge in [-0.3, -0.25) is 24.1 Å². The van der Waals surface area contributed by atoms with Crippen LogP contribution in [0.4, 0.5) is 9.59 Å². The number of amides is 6. The van der Waals surface area contributed by atoms with Crippen molar-refractivity contribution in [3.8, 4) is 0 Å². The number of carbonyl (C=O) groups is 6. The molecule has 178 valence electrons. The first-order chi connectivity index (χ1) is 15.1. The fourth-order valence-corrected chi connectivity index (χ4v) is 2.80. The molecular formula is C19H29N5O8. The first-order valence-electron chi connectivity index (χ1n) is 9.93. The number of nitrogens with zero attached hydrogens (tertiary/aromatic N) is 1. The highest BCUT2D eigenvalue weighted by Crippen LogP contribution is 2.09. The second kappa shape index (κ2) is 12.9. The van der Waals surface area contributed by atoms with E-state index in [1.165, 1.54) is 21.0 Å². The monoisotopic (exact) mass is 455 g/mol. The number of methoxy groups -OCH3 is 2. The predicted molar refractivity (Wildman–Crippen MR) is 110 cm³/mol. The molecule has 0 radical (unpaired) electrons. The van der Waals surface area contributed by atoms with Gasteiger partial charge >= 0.3 is 12.2 Å². The SMILES string of the molecule is COC(=O)NCCCCC(NC(=O)OC)C(=O)NC(C)NC(=O)C(C)N1C(=O)C=CC1=O. The highest BCUT2D eigenvalue weighted by atomic mass is 16.5. The summed E-state index contributed by atoms with van der Waals surface area (Å²) in [5, 5.41) is 9.95. The van der Waals surface area contributed by atoms with Crippen molar-refractivity contribution in [2.24, 2.45) is 0 Å². The fourth-order valence-electron chi connectivity index (χ4n) is 2.80. The lowest BCUT2D eigenvalue weighted by Crippen LogP contribution is -2.56. The maximum absolute atomic E-state index is 12.6. The summed E-state index contributed by atoms with van der Waals surface area (Å²) < 4.78 is 8.99. The zero-order valence-electron chi connectivity index (χ0n) is 18.4. The maximum Gasteiger partial charge on any atom is 0.407 e. The van der Waals surface area contributed by atoms with Gasteiger partial charge in [0.25, 0.3) is 11.8 Å². The van der Waals surface area contributed by atoms with Crippen molar-refractivity contribution >= 4 is 35.8 Å². The summed E-state index contributed by atoms with van der Waals surface area (Å²) >= 11 is 0. The first kappa shape index (κ1) is 26.4. The standard InChI is InChI=1S/C19H29N5O8/c1-11(24-14(25)8-9-15(24)26)16(27)21-12(2)22-17(28)13(23-19(30)32-4)7-5-6-10-20-18(29)31-3/h8-9,11-13H,5-7,10H2,1-4H3,(H,20,29)(H,21,27)(H,22,28)(H,23,30). The first-order valence-corrected chi connectivity index (χ1v) is 9.93. The Morgan fingerprint density at radius 1 is 0.875 bits per heavy atom. The molecule has 4 N–H and O–H groups in total. The molecule has 3 unspecified atom stereocenters. The van der Waals surface area contributed by atoms with Crippen molar-refractivity contribution in [1.29, 1.82) is 0 Å². The van der Waals surface area contributed by atoms with Crippen LogP contribution in [-0.4, -0.2) is 79.7 Å². The molecule has 13 nitrogen and oxygen atoms in total. The molecule has 0 spiro atoms. The van der Waals surface area contributed by atoms with E-state index in [9.17, 15) is 28.8 Å². The number of carbonyl (C=O) groups excluding carboxylic acids is 6. The van der Waals surface area contributed by atoms with Gasteiger partial charge in [0.05, 0.1) is 20.4 Å². The van der Waals surface area contributed by atoms with Gasteiger partial charge in [0.1, 0.15) is 12.1 Å². The van der Waals surface area contributed by atoms with Crippen LogP contribution in [-0.2, 0) is 28.7 Å². The van der Waals surface area contributed by atoms with Gasteiger partial charge in [-0.05, 0) is 33.1 Å². The number of hydrogen-bond acceptors (Lipinski definition) is 8. The molecule has 3 atom stereocenters. The van der Waals surface area contributed by atoms with Crippen molar-refractivity contribution in [1.82, 2.24) is 26.2 Å². The van der Waals surface area contributed by atoms with E-state index in [0.717, 1.165) is 24.2 Å². The molecule has 6 amide bonds. The van der Waals surface area contributed by atoms with E-state index in [1.807, 2.05) is 0 Å². The third-order valence-electron chi connectivity index (χ3n) is 4.50. The van der Waals surface area contributed by atoms with Gasteiger partial charge < -0.3 is 30.7 Å². The summed E-state index contributed by atoms with van der Waals surface area (Å²) in [5.41, 5.74) is 0. The van der Waals surface area contributed by atoms with Crippen LogP contribution in [0.5, 0.6) is 0 Å². The molecule has 0 aromatic heterocycles. The van der Waals surface area contributed by atoms with E-state index in [4.69, 9.17) is 0 Å². The van der Waals surface area contributed by atoms with E-state index in [-0.39, 0.29) is 6.42 Å². The molecule has 13 heteroatoms. The van der Waals surface area contributed by atoms with E-state index < -0.39 is 54.1 Å². The number of unbranched alkanes of at least 4 members (excludes halogenated alkanes) is 1. The van der Waals surface area contributed by atoms with Crippen molar-refractivity contribution in [3.05, 3.63) is 12.2 Å². The van der Waals surface area contributed by atoms with Gasteiger partial charge in [0, 0.05) is 18.7 Å². The fraction of sp³-hybridized carbons (Fsp3) is 0.579. The van der Waals surface area contributed by atoms with Crippen LogP contribution >= 0.6 is 0 Å². The zero-order valence-corrected chi connectivity index (χ0v) is 18.4. The second-order valence-corrected chi connectivity index (χ2v) is 6.90. The van der Waals surface area contributed by atoms with Crippen LogP contribution < -0.4 is 21.3 Å². The van der Waals surface area contributed by atoms with Crippen LogP contribution in [0.2, 0.25) is 0 Å². The summed E-state index contributed by atoms with van der Waals surface area (Å²) in [7, 11) is 2.40. The molecule has 0 saturated carbocycles. The minimum atomic E-state index is -1.07. The molecule has 0 aromatic rings. The third kappa shape index (κ3) is 8.24. The summed E-state index contributed by atoms with van der Waals surface area (Å²) in [5.74, 6) is -2.42. The van der Waals surface area contributed by atoms with Gasteiger partial charge in [0.15, 0.2) is 0 Å². The Morgan fingerprint density at radius 3 is 2.00 bits per heavy atom. The lowest BCUT2D eigenvalue weighted by Gasteiger charge is -2.25. The molecule has 0 aliphatic carbocycles. The average molecular weight is 455 g/mol. The van der Waals surface area contributed by atoms with Crippen molar-refractivity contribution < 1.29 is 38.2 Å². The number of nitrogens with one attached hydrogen (secondary N) is 4. The van der Waals surface area contributed by atoms with Gasteiger partial charge in [-0.2, -0.15) is 0 Å². The number of alkyl carbamates (subject to hydrolysis) is 2. The molecular weight excluding hydrogens is 426 g/mol. The highest BCUT2D eigenvalue weighted by molar-refractivity contribution is 6.15. The number of imide groups is 1. The van der Waals surface area contributed by atoms with Crippen molar-refractivity contribution in [3.63, 3.8) is 0 Å². The summed E-state index contributed by atoms with van der Waals surface area (Å²) in [6.07, 6.45) is 1.15. The van der Waals surface area contributed by atoms with Gasteiger partial charge in [-0.1, -0.05) is 0 Å². The normalized spacial score (nSPS) is 15.4. The highest BCUT2D eigenvalue weighted by Gasteiger charge is 2.33. The van der Waals surface area contributed by atoms with Crippen LogP contribution in [0.25, 0.3) is 0 Å². The van der Waals surface area contributed by atoms with Crippen molar-refractivity contribution in [2.45, 2.75) is 51.4 Å². The lowest BCUT2D eigenvalue weighted by atomic mass is 10.1. The summed E-state index contributed by atoms with van der Waals surface area (Å²) in [6.45, 7) is 3.20. The molecule has 0 fully saturated rings. The Morgan fingerprint density at radius 2 is 1.44 bits per heavy atom. The van der Waals surface area contributed by atoms with E-state index >= 15 is 0 Å². The lowest BCUT2D eigenvalue weighted by molar-refractivity contribution is -0.145. The Balaban J connectivity index is 2.58. The number of hydrogen-bond donors (Lipinski definition) is 4. The molecule has 0 bridgehead atoms. The summed E-state index contributed by atoms with van der Waals surface area (Å²) in [4.78, 5) is 71.8. The molecule has 1 heterocycles. The van der Waals surface area contributed by atoms with E-state index in [1.54, 1.807) is 0 Å². The quantitative estimate of drug-likeness (QED) is 0.177. The van der Waals surface area contributed by atoms with Crippen molar-refractivity contribution in [2.75, 3.05) is 20.8 Å². The number of ether oxygens (including phenoxy) is 2. The van der Waals surface area contributed by atoms with Crippen LogP contribution in [0.1, 0.15) is 33.1 Å². The molecule has 1 aliphatic heterocycles. The van der Waals surface area contributed by atoms with Crippen LogP contribution in [0, 0.1) is 0 Å². The molecule has 0 saturated heterocycles. The Kier molecular flexibility index (Phi) is 10.7. The Hall–Kier alpha value is -3.64. The average Bonchev–Trinajstić information content (AvgIpc) is 3.09.